The number of hydrogen-bond donors (Lipinski definition) is 1. The van der Waals surface area contributed by atoms with Crippen LogP contribution in [0.5, 0.6) is 0 Å². The van der Waals surface area contributed by atoms with Gasteiger partial charge in [-0.2, -0.15) is 5.10 Å². The number of aryl methyl sites for hydroxylation is 2. The van der Waals surface area contributed by atoms with Crippen LogP contribution in [0.3, 0.4) is 0 Å². The standard InChI is InChI=1S/C14H22N2O3/c1-4-5-8-16-14(19)11(6-7-13(17)18)9-12(15-16)10(2)3/h9-10H,4-8H2,1-3H3,(H,17,18). The summed E-state index contributed by atoms with van der Waals surface area (Å²) in [4.78, 5) is 22.8. The molecule has 1 rings (SSSR count). The number of carbonyl (C=O) groups is 1. The highest BCUT2D eigenvalue weighted by Crippen LogP contribution is 2.12. The van der Waals surface area contributed by atoms with Crippen molar-refractivity contribution in [2.24, 2.45) is 0 Å². The first-order valence-electron chi connectivity index (χ1n) is 6.78. The molecule has 0 aliphatic carbocycles. The Labute approximate surface area is 113 Å². The fourth-order valence-electron chi connectivity index (χ4n) is 1.78. The Morgan fingerprint density at radius 1 is 1.47 bits per heavy atom. The number of aromatic nitrogens is 2. The zero-order chi connectivity index (χ0) is 14.4. The van der Waals surface area contributed by atoms with E-state index in [-0.39, 0.29) is 24.3 Å². The van der Waals surface area contributed by atoms with Crippen molar-refractivity contribution in [2.75, 3.05) is 0 Å². The van der Waals surface area contributed by atoms with Crippen molar-refractivity contribution in [1.82, 2.24) is 9.78 Å². The minimum Gasteiger partial charge on any atom is -0.481 e. The summed E-state index contributed by atoms with van der Waals surface area (Å²) >= 11 is 0. The Morgan fingerprint density at radius 3 is 2.68 bits per heavy atom. The highest BCUT2D eigenvalue weighted by molar-refractivity contribution is 5.67. The van der Waals surface area contributed by atoms with E-state index in [1.165, 1.54) is 4.68 Å². The second-order valence-electron chi connectivity index (χ2n) is 5.02. The first kappa shape index (κ1) is 15.4. The summed E-state index contributed by atoms with van der Waals surface area (Å²) < 4.78 is 1.48. The highest BCUT2D eigenvalue weighted by Gasteiger charge is 2.11. The Morgan fingerprint density at radius 2 is 2.16 bits per heavy atom. The lowest BCUT2D eigenvalue weighted by molar-refractivity contribution is -0.136. The van der Waals surface area contributed by atoms with Gasteiger partial charge >= 0.3 is 5.97 Å². The van der Waals surface area contributed by atoms with Crippen molar-refractivity contribution < 1.29 is 9.90 Å². The first-order valence-corrected chi connectivity index (χ1v) is 6.78. The van der Waals surface area contributed by atoms with Gasteiger partial charge in [-0.3, -0.25) is 9.59 Å². The molecule has 0 aromatic carbocycles. The van der Waals surface area contributed by atoms with E-state index in [1.807, 2.05) is 13.8 Å². The third kappa shape index (κ3) is 4.50. The second kappa shape index (κ2) is 7.07. The average molecular weight is 266 g/mol. The van der Waals surface area contributed by atoms with Crippen LogP contribution in [0.4, 0.5) is 0 Å². The van der Waals surface area contributed by atoms with Gasteiger partial charge in [0.2, 0.25) is 0 Å². The van der Waals surface area contributed by atoms with Crippen LogP contribution in [0.25, 0.3) is 0 Å². The van der Waals surface area contributed by atoms with E-state index in [0.717, 1.165) is 18.5 Å². The summed E-state index contributed by atoms with van der Waals surface area (Å²) in [5.74, 6) is -0.667. The molecule has 5 heteroatoms. The molecule has 19 heavy (non-hydrogen) atoms. The van der Waals surface area contributed by atoms with Crippen LogP contribution in [0.1, 0.15) is 57.2 Å². The minimum atomic E-state index is -0.887. The van der Waals surface area contributed by atoms with Crippen molar-refractivity contribution in [3.63, 3.8) is 0 Å². The second-order valence-corrected chi connectivity index (χ2v) is 5.02. The zero-order valence-electron chi connectivity index (χ0n) is 11.8. The van der Waals surface area contributed by atoms with E-state index >= 15 is 0 Å². The number of carboxylic acid groups (broad SMARTS) is 1. The van der Waals surface area contributed by atoms with Crippen LogP contribution >= 0.6 is 0 Å². The van der Waals surface area contributed by atoms with Crippen LogP contribution in [0, 0.1) is 0 Å². The third-order valence-electron chi connectivity index (χ3n) is 2.99. The maximum atomic E-state index is 12.2. The number of unbranched alkanes of at least 4 members (excludes halogenated alkanes) is 1. The number of hydrogen-bond acceptors (Lipinski definition) is 3. The topological polar surface area (TPSA) is 72.2 Å². The molecule has 5 nitrogen and oxygen atoms in total. The zero-order valence-corrected chi connectivity index (χ0v) is 11.8. The number of nitrogens with zero attached hydrogens (tertiary/aromatic N) is 2. The van der Waals surface area contributed by atoms with Gasteiger partial charge in [-0.25, -0.2) is 4.68 Å². The molecule has 1 aromatic rings. The number of aliphatic carboxylic acids is 1. The monoisotopic (exact) mass is 266 g/mol. The molecule has 1 heterocycles. The van der Waals surface area contributed by atoms with Gasteiger partial charge in [-0.15, -0.1) is 0 Å². The normalized spacial score (nSPS) is 10.9. The Bertz CT molecular complexity index is 492. The van der Waals surface area contributed by atoms with Crippen LogP contribution in [-0.4, -0.2) is 20.9 Å². The quantitative estimate of drug-likeness (QED) is 0.821. The molecule has 0 saturated heterocycles. The van der Waals surface area contributed by atoms with E-state index in [9.17, 15) is 9.59 Å². The van der Waals surface area contributed by atoms with Crippen LogP contribution < -0.4 is 5.56 Å². The molecular formula is C14H22N2O3. The lowest BCUT2D eigenvalue weighted by atomic mass is 10.1. The number of carboxylic acids is 1. The number of rotatable bonds is 7. The fourth-order valence-corrected chi connectivity index (χ4v) is 1.78. The molecule has 0 unspecified atom stereocenters. The van der Waals surface area contributed by atoms with E-state index in [1.54, 1.807) is 6.07 Å². The van der Waals surface area contributed by atoms with Crippen LogP contribution in [0.2, 0.25) is 0 Å². The lowest BCUT2D eigenvalue weighted by Gasteiger charge is -2.11. The van der Waals surface area contributed by atoms with Crippen molar-refractivity contribution in [2.45, 2.75) is 58.9 Å². The molecular weight excluding hydrogens is 244 g/mol. The van der Waals surface area contributed by atoms with Gasteiger partial charge in [0.25, 0.3) is 5.56 Å². The summed E-state index contributed by atoms with van der Waals surface area (Å²) in [5, 5.41) is 13.1. The average Bonchev–Trinajstić information content (AvgIpc) is 2.35. The van der Waals surface area contributed by atoms with E-state index in [4.69, 9.17) is 5.11 Å². The maximum absolute atomic E-state index is 12.2. The summed E-state index contributed by atoms with van der Waals surface area (Å²) in [6.45, 7) is 6.68. The van der Waals surface area contributed by atoms with Gasteiger partial charge in [-0.05, 0) is 24.8 Å². The smallest absolute Gasteiger partial charge is 0.303 e. The van der Waals surface area contributed by atoms with Crippen molar-refractivity contribution in [3.8, 4) is 0 Å². The molecule has 1 N–H and O–H groups in total. The van der Waals surface area contributed by atoms with E-state index in [0.29, 0.717) is 12.1 Å². The molecule has 0 saturated carbocycles. The molecule has 106 valence electrons. The molecule has 0 fully saturated rings. The molecule has 0 spiro atoms. The molecule has 0 bridgehead atoms. The molecule has 0 radical (unpaired) electrons. The highest BCUT2D eigenvalue weighted by atomic mass is 16.4. The lowest BCUT2D eigenvalue weighted by Crippen LogP contribution is -2.28. The maximum Gasteiger partial charge on any atom is 0.303 e. The third-order valence-corrected chi connectivity index (χ3v) is 2.99. The first-order chi connectivity index (χ1) is 8.95. The fraction of sp³-hybridized carbons (Fsp3) is 0.643. The van der Waals surface area contributed by atoms with E-state index in [2.05, 4.69) is 12.0 Å². The molecule has 0 amide bonds. The molecule has 0 aliphatic rings. The molecule has 1 aromatic heterocycles. The van der Waals surface area contributed by atoms with Crippen LogP contribution in [-0.2, 0) is 17.8 Å². The van der Waals surface area contributed by atoms with Gasteiger partial charge in [0.1, 0.15) is 0 Å². The predicted octanol–water partition coefficient (Wildman–Crippen LogP) is 2.18. The van der Waals surface area contributed by atoms with Crippen molar-refractivity contribution in [3.05, 3.63) is 27.7 Å². The van der Waals surface area contributed by atoms with Crippen molar-refractivity contribution >= 4 is 5.97 Å². The van der Waals surface area contributed by atoms with Gasteiger partial charge in [0.15, 0.2) is 0 Å². The minimum absolute atomic E-state index is 0.0232. The molecule has 0 aliphatic heterocycles. The van der Waals surface area contributed by atoms with Gasteiger partial charge in [-0.1, -0.05) is 27.2 Å². The van der Waals surface area contributed by atoms with Gasteiger partial charge in [0, 0.05) is 18.5 Å². The summed E-state index contributed by atoms with van der Waals surface area (Å²) in [5.41, 5.74) is 1.24. The Kier molecular flexibility index (Phi) is 5.73. The predicted molar refractivity (Wildman–Crippen MR) is 73.5 cm³/mol. The summed E-state index contributed by atoms with van der Waals surface area (Å²) in [6.07, 6.45) is 2.13. The summed E-state index contributed by atoms with van der Waals surface area (Å²) in [6, 6.07) is 1.75. The van der Waals surface area contributed by atoms with Gasteiger partial charge < -0.3 is 5.11 Å². The Hall–Kier alpha value is -1.65. The molecule has 0 atom stereocenters. The Balaban J connectivity index is 3.09. The van der Waals surface area contributed by atoms with Crippen molar-refractivity contribution in [1.29, 1.82) is 0 Å². The summed E-state index contributed by atoms with van der Waals surface area (Å²) in [7, 11) is 0. The van der Waals surface area contributed by atoms with Crippen LogP contribution in [0.15, 0.2) is 10.9 Å². The van der Waals surface area contributed by atoms with E-state index < -0.39 is 5.97 Å². The van der Waals surface area contributed by atoms with Gasteiger partial charge in [0.05, 0.1) is 5.69 Å². The SMILES string of the molecule is CCCCn1nc(C(C)C)cc(CCC(=O)O)c1=O. The largest absolute Gasteiger partial charge is 0.481 e.